The third kappa shape index (κ3) is 7.27. The summed E-state index contributed by atoms with van der Waals surface area (Å²) in [6.45, 7) is 2.63. The summed E-state index contributed by atoms with van der Waals surface area (Å²) in [5, 5.41) is 5.19. The van der Waals surface area contributed by atoms with Crippen molar-refractivity contribution in [2.45, 2.75) is 19.6 Å². The van der Waals surface area contributed by atoms with Gasteiger partial charge in [0.2, 0.25) is 5.78 Å². The second-order valence-corrected chi connectivity index (χ2v) is 11.1. The van der Waals surface area contributed by atoms with E-state index in [1.54, 1.807) is 61.9 Å². The van der Waals surface area contributed by atoms with Crippen LogP contribution in [-0.4, -0.2) is 57.3 Å². The van der Waals surface area contributed by atoms with Crippen LogP contribution in [0, 0.1) is 5.82 Å². The predicted octanol–water partition coefficient (Wildman–Crippen LogP) is 6.73. The summed E-state index contributed by atoms with van der Waals surface area (Å²) in [5.74, 6) is 0.835. The fourth-order valence-corrected chi connectivity index (χ4v) is 5.72. The van der Waals surface area contributed by atoms with Crippen LogP contribution < -0.4 is 24.3 Å². The smallest absolute Gasteiger partial charge is 0.252 e. The van der Waals surface area contributed by atoms with Crippen molar-refractivity contribution in [3.8, 4) is 34.3 Å². The summed E-state index contributed by atoms with van der Waals surface area (Å²) in [6, 6.07) is 19.5. The molecule has 5 aromatic rings. The molecule has 0 saturated heterocycles. The molecular formula is C35H33FN2O7S. The molecule has 1 atom stereocenters. The zero-order chi connectivity index (χ0) is 32.6. The van der Waals surface area contributed by atoms with Crippen LogP contribution in [0.15, 0.2) is 78.2 Å². The summed E-state index contributed by atoms with van der Waals surface area (Å²) in [6.07, 6.45) is 0. The largest absolute Gasteiger partial charge is 0.497 e. The minimum Gasteiger partial charge on any atom is -0.497 e. The number of hydrogen-bond acceptors (Lipinski definition) is 9. The molecule has 0 radical (unpaired) electrons. The number of carbonyl (C=O) groups excluding carboxylic acids is 2. The Bertz CT molecular complexity index is 1840. The van der Waals surface area contributed by atoms with Crippen molar-refractivity contribution >= 4 is 33.1 Å². The summed E-state index contributed by atoms with van der Waals surface area (Å²) < 4.78 is 42.4. The van der Waals surface area contributed by atoms with Gasteiger partial charge in [-0.3, -0.25) is 9.59 Å². The third-order valence-corrected chi connectivity index (χ3v) is 8.22. The molecule has 5 rings (SSSR count). The zero-order valence-corrected chi connectivity index (χ0v) is 26.6. The molecule has 0 bridgehead atoms. The maximum absolute atomic E-state index is 14.3. The number of nitrogens with one attached hydrogen (secondary N) is 1. The van der Waals surface area contributed by atoms with Crippen LogP contribution in [-0.2, 0) is 11.3 Å². The quantitative estimate of drug-likeness (QED) is 0.105. The Hall–Kier alpha value is -5.00. The molecule has 0 saturated carbocycles. The Morgan fingerprint density at radius 3 is 2.39 bits per heavy atom. The first-order valence-electron chi connectivity index (χ1n) is 14.4. The van der Waals surface area contributed by atoms with Gasteiger partial charge in [0, 0.05) is 21.9 Å². The molecule has 46 heavy (non-hydrogen) atoms. The van der Waals surface area contributed by atoms with E-state index >= 15 is 0 Å². The molecular weight excluding hydrogens is 611 g/mol. The number of Topliss-reactive ketones (excluding diaryl/α,β-unsaturated/α-hetero) is 1. The molecule has 1 amide bonds. The topological polar surface area (TPSA) is 105 Å². The number of amides is 1. The van der Waals surface area contributed by atoms with Crippen molar-refractivity contribution < 1.29 is 37.7 Å². The van der Waals surface area contributed by atoms with Crippen LogP contribution in [0.1, 0.15) is 33.3 Å². The Morgan fingerprint density at radius 2 is 1.65 bits per heavy atom. The highest BCUT2D eigenvalue weighted by atomic mass is 32.1. The number of thiophene rings is 1. The Kier molecular flexibility index (Phi) is 10.5. The number of carbonyl (C=O) groups is 2. The minimum atomic E-state index is -0.900. The molecule has 0 aliphatic heterocycles. The van der Waals surface area contributed by atoms with E-state index in [1.807, 2.05) is 24.3 Å². The average Bonchev–Trinajstić information content (AvgIpc) is 3.53. The van der Waals surface area contributed by atoms with Crippen molar-refractivity contribution in [3.63, 3.8) is 0 Å². The molecule has 0 spiro atoms. The molecule has 9 nitrogen and oxygen atoms in total. The van der Waals surface area contributed by atoms with Gasteiger partial charge in [0.05, 0.1) is 45.3 Å². The fourth-order valence-electron chi connectivity index (χ4n) is 4.76. The van der Waals surface area contributed by atoms with Crippen molar-refractivity contribution in [1.29, 1.82) is 0 Å². The molecule has 0 aliphatic rings. The van der Waals surface area contributed by atoms with Gasteiger partial charge in [-0.25, -0.2) is 9.37 Å². The van der Waals surface area contributed by atoms with E-state index in [-0.39, 0.29) is 23.7 Å². The molecule has 1 N–H and O–H groups in total. The first-order valence-corrected chi connectivity index (χ1v) is 15.3. The van der Waals surface area contributed by atoms with Crippen LogP contribution >= 0.6 is 11.3 Å². The highest BCUT2D eigenvalue weighted by Crippen LogP contribution is 2.38. The normalized spacial score (nSPS) is 11.6. The van der Waals surface area contributed by atoms with E-state index in [1.165, 1.54) is 31.6 Å². The molecule has 3 aromatic carbocycles. The van der Waals surface area contributed by atoms with E-state index in [0.29, 0.717) is 51.8 Å². The number of pyridine rings is 1. The van der Waals surface area contributed by atoms with E-state index in [4.69, 9.17) is 23.7 Å². The van der Waals surface area contributed by atoms with Gasteiger partial charge in [-0.1, -0.05) is 24.3 Å². The maximum Gasteiger partial charge on any atom is 0.252 e. The van der Waals surface area contributed by atoms with Gasteiger partial charge < -0.3 is 29.0 Å². The number of ether oxygens (including phenoxy) is 5. The maximum atomic E-state index is 14.3. The molecule has 0 fully saturated rings. The van der Waals surface area contributed by atoms with Gasteiger partial charge in [-0.15, -0.1) is 11.3 Å². The molecule has 0 aliphatic carbocycles. The first-order chi connectivity index (χ1) is 22.3. The molecule has 1 unspecified atom stereocenters. The summed E-state index contributed by atoms with van der Waals surface area (Å²) in [7, 11) is 4.60. The lowest BCUT2D eigenvalue weighted by Crippen LogP contribution is -2.38. The number of ketones is 1. The number of methoxy groups -OCH3 is 3. The summed E-state index contributed by atoms with van der Waals surface area (Å²) >= 11 is 1.25. The van der Waals surface area contributed by atoms with Crippen LogP contribution in [0.4, 0.5) is 4.39 Å². The lowest BCUT2D eigenvalue weighted by molar-refractivity contribution is 0.0861. The number of rotatable bonds is 14. The highest BCUT2D eigenvalue weighted by Gasteiger charge is 2.23. The van der Waals surface area contributed by atoms with Gasteiger partial charge in [-0.05, 0) is 61.0 Å². The molecule has 2 aromatic heterocycles. The first kappa shape index (κ1) is 32.4. The molecule has 238 valence electrons. The SMILES string of the molecule is COc1ccc(COCCOc2ccc(C(=O)NC(C)C(=O)c3ccc(OC)c(-c4csc5c(F)cccc45)n3)cc2OC)cc1. The van der Waals surface area contributed by atoms with Crippen molar-refractivity contribution in [3.05, 3.63) is 101 Å². The molecule has 2 heterocycles. The minimum absolute atomic E-state index is 0.134. The average molecular weight is 645 g/mol. The standard InChI is InChI=1S/C35H33FN2O7S/c1-21(33(39)28-13-15-30(42-3)32(38-28)26-20-46-34-25(26)6-5-7-27(34)36)37-35(40)23-10-14-29(31(18-23)43-4)45-17-16-44-19-22-8-11-24(41-2)12-9-22/h5-15,18,20-21H,16-17,19H2,1-4H3,(H,37,40). The number of fused-ring (bicyclic) bond motifs is 1. The molecule has 11 heteroatoms. The summed E-state index contributed by atoms with van der Waals surface area (Å²) in [5.41, 5.74) is 2.50. The van der Waals surface area contributed by atoms with Crippen molar-refractivity contribution in [2.24, 2.45) is 0 Å². The second kappa shape index (κ2) is 14.9. The van der Waals surface area contributed by atoms with Gasteiger partial charge in [0.25, 0.3) is 5.91 Å². The van der Waals surface area contributed by atoms with Crippen molar-refractivity contribution in [2.75, 3.05) is 34.5 Å². The fraction of sp³-hybridized carbons (Fsp3) is 0.229. The Labute approximate surface area is 269 Å². The van der Waals surface area contributed by atoms with E-state index < -0.39 is 17.7 Å². The monoisotopic (exact) mass is 644 g/mol. The predicted molar refractivity (Wildman–Crippen MR) is 174 cm³/mol. The van der Waals surface area contributed by atoms with Crippen molar-refractivity contribution in [1.82, 2.24) is 10.3 Å². The number of halogens is 1. The Morgan fingerprint density at radius 1 is 0.891 bits per heavy atom. The van der Waals surface area contributed by atoms with E-state index in [9.17, 15) is 14.0 Å². The highest BCUT2D eigenvalue weighted by molar-refractivity contribution is 7.17. The second-order valence-electron chi connectivity index (χ2n) is 10.2. The van der Waals surface area contributed by atoms with Crippen LogP contribution in [0.25, 0.3) is 21.3 Å². The van der Waals surface area contributed by atoms with E-state index in [0.717, 1.165) is 11.3 Å². The van der Waals surface area contributed by atoms with Gasteiger partial charge in [0.1, 0.15) is 35.3 Å². The Balaban J connectivity index is 1.20. The number of nitrogens with zero attached hydrogens (tertiary/aromatic N) is 1. The van der Waals surface area contributed by atoms with Gasteiger partial charge in [0.15, 0.2) is 11.5 Å². The van der Waals surface area contributed by atoms with Gasteiger partial charge >= 0.3 is 0 Å². The van der Waals surface area contributed by atoms with Crippen LogP contribution in [0.5, 0.6) is 23.0 Å². The van der Waals surface area contributed by atoms with E-state index in [2.05, 4.69) is 10.3 Å². The van der Waals surface area contributed by atoms with Crippen LogP contribution in [0.3, 0.4) is 0 Å². The number of benzene rings is 3. The lowest BCUT2D eigenvalue weighted by Gasteiger charge is -2.16. The van der Waals surface area contributed by atoms with Crippen LogP contribution in [0.2, 0.25) is 0 Å². The third-order valence-electron chi connectivity index (χ3n) is 7.22. The number of aromatic nitrogens is 1. The van der Waals surface area contributed by atoms with Gasteiger partial charge in [-0.2, -0.15) is 0 Å². The summed E-state index contributed by atoms with van der Waals surface area (Å²) in [4.78, 5) is 31.1. The zero-order valence-electron chi connectivity index (χ0n) is 25.8. The number of hydrogen-bond donors (Lipinski definition) is 1. The lowest BCUT2D eigenvalue weighted by atomic mass is 10.1.